The maximum absolute atomic E-state index is 12.4. The van der Waals surface area contributed by atoms with Crippen molar-refractivity contribution in [1.29, 1.82) is 0 Å². The molecule has 0 amide bonds. The molecule has 4 heterocycles. The van der Waals surface area contributed by atoms with Crippen LogP contribution >= 0.6 is 11.6 Å². The van der Waals surface area contributed by atoms with Crippen molar-refractivity contribution in [3.05, 3.63) is 40.1 Å². The summed E-state index contributed by atoms with van der Waals surface area (Å²) in [4.78, 5) is 0. The molecular formula is C14H12ClF4N9. The summed E-state index contributed by atoms with van der Waals surface area (Å²) in [6, 6.07) is 3.10. The molecule has 9 nitrogen and oxygen atoms in total. The molecule has 0 saturated carbocycles. The molecule has 4 aromatic rings. The van der Waals surface area contributed by atoms with Gasteiger partial charge >= 0.3 is 0 Å². The highest BCUT2D eigenvalue weighted by molar-refractivity contribution is 6.29. The van der Waals surface area contributed by atoms with E-state index in [1.165, 1.54) is 0 Å². The lowest BCUT2D eigenvalue weighted by Crippen LogP contribution is -2.03. The Morgan fingerprint density at radius 2 is 1.29 bits per heavy atom. The van der Waals surface area contributed by atoms with Crippen molar-refractivity contribution in [2.75, 3.05) is 5.73 Å². The molecule has 14 heteroatoms. The first-order valence-electron chi connectivity index (χ1n) is 7.62. The molecule has 0 aliphatic heterocycles. The molecule has 0 aromatic carbocycles. The van der Waals surface area contributed by atoms with Gasteiger partial charge in [0.15, 0.2) is 16.4 Å². The zero-order valence-corrected chi connectivity index (χ0v) is 15.1. The number of aromatic nitrogens is 8. The Kier molecular flexibility index (Phi) is 5.27. The van der Waals surface area contributed by atoms with E-state index in [1.807, 2.05) is 0 Å². The Morgan fingerprint density at radius 1 is 0.821 bits per heavy atom. The largest absolute Gasteiger partial charge is 0.382 e. The van der Waals surface area contributed by atoms with E-state index in [0.29, 0.717) is 22.4 Å². The minimum atomic E-state index is -2.71. The van der Waals surface area contributed by atoms with Gasteiger partial charge in [-0.1, -0.05) is 11.6 Å². The van der Waals surface area contributed by atoms with Crippen LogP contribution in [0.4, 0.5) is 23.4 Å². The number of fused-ring (bicyclic) bond motifs is 2. The number of hydrogen-bond donors (Lipinski definition) is 1. The molecule has 0 unspecified atom stereocenters. The van der Waals surface area contributed by atoms with E-state index >= 15 is 0 Å². The number of anilines is 1. The van der Waals surface area contributed by atoms with Crippen molar-refractivity contribution in [3.63, 3.8) is 0 Å². The van der Waals surface area contributed by atoms with Gasteiger partial charge in [0.05, 0.1) is 0 Å². The van der Waals surface area contributed by atoms with E-state index < -0.39 is 24.5 Å². The van der Waals surface area contributed by atoms with Crippen molar-refractivity contribution >= 4 is 28.7 Å². The maximum atomic E-state index is 12.4. The summed E-state index contributed by atoms with van der Waals surface area (Å²) < 4.78 is 51.5. The van der Waals surface area contributed by atoms with E-state index in [4.69, 9.17) is 17.3 Å². The minimum Gasteiger partial charge on any atom is -0.382 e. The van der Waals surface area contributed by atoms with Gasteiger partial charge in [0.1, 0.15) is 5.82 Å². The highest BCUT2D eigenvalue weighted by atomic mass is 35.5. The average Bonchev–Trinajstić information content (AvgIpc) is 3.19. The van der Waals surface area contributed by atoms with Crippen LogP contribution in [0.3, 0.4) is 0 Å². The SMILES string of the molecule is Cc1cc(Cl)nn2c(C(F)F)nnc12.Cc1cc(N)nn2c(C(F)F)nnc12. The van der Waals surface area contributed by atoms with E-state index in [0.717, 1.165) is 9.03 Å². The van der Waals surface area contributed by atoms with E-state index in [2.05, 4.69) is 30.6 Å². The number of hydrogen-bond acceptors (Lipinski definition) is 7. The quantitative estimate of drug-likeness (QED) is 0.499. The van der Waals surface area contributed by atoms with Crippen LogP contribution in [0, 0.1) is 13.8 Å². The number of rotatable bonds is 2. The number of alkyl halides is 4. The highest BCUT2D eigenvalue weighted by Crippen LogP contribution is 2.20. The van der Waals surface area contributed by atoms with E-state index in [9.17, 15) is 17.6 Å². The summed E-state index contributed by atoms with van der Waals surface area (Å²) in [7, 11) is 0. The van der Waals surface area contributed by atoms with Gasteiger partial charge in [-0.25, -0.2) is 17.6 Å². The molecule has 0 spiro atoms. The Morgan fingerprint density at radius 3 is 1.79 bits per heavy atom. The smallest absolute Gasteiger partial charge is 0.299 e. The fraction of sp³-hybridized carbons (Fsp3) is 0.286. The van der Waals surface area contributed by atoms with Crippen molar-refractivity contribution in [1.82, 2.24) is 39.6 Å². The third-order valence-electron chi connectivity index (χ3n) is 3.54. The van der Waals surface area contributed by atoms with Crippen LogP contribution < -0.4 is 5.73 Å². The first-order chi connectivity index (χ1) is 13.2. The Labute approximate surface area is 159 Å². The molecule has 0 radical (unpaired) electrons. The molecule has 4 aromatic heterocycles. The molecular weight excluding hydrogens is 406 g/mol. The number of halogens is 5. The standard InChI is InChI=1S/C7H5ClF2N4.C7H7F2N5/c1-3-2-4(8)13-14-6(3)11-12-7(14)5(9)10;1-3-2-4(10)13-14-6(3)11-12-7(14)5(8)9/h2,5H,1H3;2,5H,1H3,(H2,10,13). The van der Waals surface area contributed by atoms with Crippen molar-refractivity contribution in [3.8, 4) is 0 Å². The van der Waals surface area contributed by atoms with Crippen LogP contribution in [-0.2, 0) is 0 Å². The number of nitrogens with two attached hydrogens (primary N) is 1. The van der Waals surface area contributed by atoms with Crippen LogP contribution in [0.5, 0.6) is 0 Å². The first kappa shape index (κ1) is 19.7. The normalized spacial score (nSPS) is 11.5. The molecule has 4 rings (SSSR count). The predicted molar refractivity (Wildman–Crippen MR) is 90.4 cm³/mol. The predicted octanol–water partition coefficient (Wildman–Crippen LogP) is 2.98. The van der Waals surface area contributed by atoms with Gasteiger partial charge in [-0.2, -0.15) is 14.1 Å². The van der Waals surface area contributed by atoms with Crippen molar-refractivity contribution in [2.45, 2.75) is 26.7 Å². The topological polar surface area (TPSA) is 112 Å². The number of nitrogens with zero attached hydrogens (tertiary/aromatic N) is 8. The molecule has 0 aliphatic rings. The Hall–Kier alpha value is -3.09. The third-order valence-corrected chi connectivity index (χ3v) is 3.72. The summed E-state index contributed by atoms with van der Waals surface area (Å²) in [5.41, 5.74) is 7.34. The van der Waals surface area contributed by atoms with Gasteiger partial charge in [-0.05, 0) is 37.1 Å². The zero-order valence-electron chi connectivity index (χ0n) is 14.4. The summed E-state index contributed by atoms with van der Waals surface area (Å²) in [6.45, 7) is 3.41. The molecule has 0 atom stereocenters. The Bertz CT molecular complexity index is 1050. The van der Waals surface area contributed by atoms with Crippen LogP contribution in [-0.4, -0.2) is 39.6 Å². The van der Waals surface area contributed by atoms with Gasteiger partial charge in [-0.15, -0.1) is 25.5 Å². The second kappa shape index (κ2) is 7.50. The van der Waals surface area contributed by atoms with Crippen molar-refractivity contribution < 1.29 is 17.6 Å². The molecule has 0 bridgehead atoms. The monoisotopic (exact) mass is 417 g/mol. The first-order valence-corrected chi connectivity index (χ1v) is 8.00. The van der Waals surface area contributed by atoms with Gasteiger partial charge in [0.2, 0.25) is 11.6 Å². The highest BCUT2D eigenvalue weighted by Gasteiger charge is 2.19. The number of nitrogen functional groups attached to an aromatic ring is 1. The molecule has 0 saturated heterocycles. The lowest BCUT2D eigenvalue weighted by atomic mass is 10.3. The van der Waals surface area contributed by atoms with Crippen LogP contribution in [0.1, 0.15) is 35.6 Å². The summed E-state index contributed by atoms with van der Waals surface area (Å²) in [5.74, 6) is -0.822. The van der Waals surface area contributed by atoms with Gasteiger partial charge in [-0.3, -0.25) is 0 Å². The second-order valence-corrected chi connectivity index (χ2v) is 5.98. The van der Waals surface area contributed by atoms with Crippen molar-refractivity contribution in [2.24, 2.45) is 0 Å². The second-order valence-electron chi connectivity index (χ2n) is 5.59. The maximum Gasteiger partial charge on any atom is 0.299 e. The fourth-order valence-electron chi connectivity index (χ4n) is 2.34. The fourth-order valence-corrected chi connectivity index (χ4v) is 2.58. The van der Waals surface area contributed by atoms with E-state index in [1.54, 1.807) is 26.0 Å². The van der Waals surface area contributed by atoms with Crippen LogP contribution in [0.25, 0.3) is 11.3 Å². The minimum absolute atomic E-state index is 0.136. The van der Waals surface area contributed by atoms with Crippen LogP contribution in [0.2, 0.25) is 5.15 Å². The molecule has 148 valence electrons. The lowest BCUT2D eigenvalue weighted by Gasteiger charge is -2.00. The average molecular weight is 418 g/mol. The summed E-state index contributed by atoms with van der Waals surface area (Å²) in [5, 5.41) is 21.4. The molecule has 0 aliphatic carbocycles. The van der Waals surface area contributed by atoms with Gasteiger partial charge < -0.3 is 5.73 Å². The molecule has 28 heavy (non-hydrogen) atoms. The summed E-state index contributed by atoms with van der Waals surface area (Å²) >= 11 is 5.63. The number of aryl methyl sites for hydroxylation is 2. The van der Waals surface area contributed by atoms with Crippen LogP contribution in [0.15, 0.2) is 12.1 Å². The lowest BCUT2D eigenvalue weighted by molar-refractivity contribution is 0.137. The Balaban J connectivity index is 0.000000161. The third kappa shape index (κ3) is 3.65. The summed E-state index contributed by atoms with van der Waals surface area (Å²) in [6.07, 6.45) is -5.42. The van der Waals surface area contributed by atoms with E-state index in [-0.39, 0.29) is 11.0 Å². The van der Waals surface area contributed by atoms with Gasteiger partial charge in [0.25, 0.3) is 12.9 Å². The zero-order chi connectivity index (χ0) is 20.6. The van der Waals surface area contributed by atoms with Gasteiger partial charge in [0, 0.05) is 0 Å². The molecule has 0 fully saturated rings. The molecule has 2 N–H and O–H groups in total.